The summed E-state index contributed by atoms with van der Waals surface area (Å²) in [5.74, 6) is 0. The van der Waals surface area contributed by atoms with E-state index in [0.29, 0.717) is 0 Å². The number of hydrogen-bond acceptors (Lipinski definition) is 2. The van der Waals surface area contributed by atoms with E-state index in [1.54, 1.807) is 6.20 Å². The maximum Gasteiger partial charge on any atom is 0.255 e. The molecule has 50 valence electrons. The third kappa shape index (κ3) is 2.59. The van der Waals surface area contributed by atoms with Gasteiger partial charge >= 0.3 is 0 Å². The van der Waals surface area contributed by atoms with E-state index in [0.717, 1.165) is 13.0 Å². The van der Waals surface area contributed by atoms with Gasteiger partial charge in [0.1, 0.15) is 0 Å². The summed E-state index contributed by atoms with van der Waals surface area (Å²) in [5.41, 5.74) is 0. The van der Waals surface area contributed by atoms with Crippen LogP contribution in [-0.2, 0) is 0 Å². The predicted molar refractivity (Wildman–Crippen MR) is 33.6 cm³/mol. The first-order valence-corrected chi connectivity index (χ1v) is 2.82. The van der Waals surface area contributed by atoms with Crippen LogP contribution >= 0.6 is 0 Å². The summed E-state index contributed by atoms with van der Waals surface area (Å²) in [7, 11) is 0. The second kappa shape index (κ2) is 4.48. The Morgan fingerprint density at radius 1 is 1.67 bits per heavy atom. The van der Waals surface area contributed by atoms with Crippen molar-refractivity contribution in [2.24, 2.45) is 4.99 Å². The zero-order valence-electron chi connectivity index (χ0n) is 5.34. The van der Waals surface area contributed by atoms with Crippen LogP contribution in [0.1, 0.15) is 13.3 Å². The van der Waals surface area contributed by atoms with Crippen LogP contribution in [0.2, 0.25) is 0 Å². The third-order valence-electron chi connectivity index (χ3n) is 0.972. The molecule has 0 unspecified atom stereocenters. The van der Waals surface area contributed by atoms with E-state index in [-0.39, 0.29) is 17.0 Å². The van der Waals surface area contributed by atoms with Crippen LogP contribution in [0.3, 0.4) is 0 Å². The van der Waals surface area contributed by atoms with Crippen molar-refractivity contribution in [3.8, 4) is 0 Å². The molecule has 0 saturated carbocycles. The van der Waals surface area contributed by atoms with E-state index in [4.69, 9.17) is 0 Å². The molecule has 9 heavy (non-hydrogen) atoms. The van der Waals surface area contributed by atoms with Crippen molar-refractivity contribution in [1.29, 1.82) is 0 Å². The molecule has 1 heterocycles. The molecule has 0 amide bonds. The summed E-state index contributed by atoms with van der Waals surface area (Å²) < 4.78 is 0. The Bertz CT molecular complexity index is 108. The van der Waals surface area contributed by atoms with Crippen LogP contribution in [-0.4, -0.2) is 17.8 Å². The van der Waals surface area contributed by atoms with Crippen molar-refractivity contribution in [3.05, 3.63) is 12.4 Å². The van der Waals surface area contributed by atoms with Gasteiger partial charge in [-0.25, -0.2) is 0 Å². The lowest BCUT2D eigenvalue weighted by Gasteiger charge is -1.95. The largest absolute Gasteiger partial charge is 1.00 e. The van der Waals surface area contributed by atoms with Crippen LogP contribution in [0, 0.1) is 0 Å². The van der Waals surface area contributed by atoms with Gasteiger partial charge in [0.15, 0.2) is 6.20 Å². The highest BCUT2D eigenvalue weighted by molar-refractivity contribution is 5.59. The Balaban J connectivity index is 0.000000640. The molecule has 1 aliphatic rings. The van der Waals surface area contributed by atoms with Gasteiger partial charge in [0.2, 0.25) is 6.20 Å². The number of hydrogen-bond donors (Lipinski definition) is 0. The van der Waals surface area contributed by atoms with Gasteiger partial charge in [-0.1, -0.05) is 6.92 Å². The van der Waals surface area contributed by atoms with E-state index < -0.39 is 0 Å². The summed E-state index contributed by atoms with van der Waals surface area (Å²) in [4.78, 5) is 5.72. The lowest BCUT2D eigenvalue weighted by Crippen LogP contribution is -3.00. The number of halogens is 1. The Morgan fingerprint density at radius 2 is 2.44 bits per heavy atom. The Hall–Kier alpha value is -0.400. The normalized spacial score (nSPS) is 13.2. The molecule has 2 nitrogen and oxygen atoms in total. The molecule has 1 rings (SSSR count). The molecule has 0 fully saturated rings. The van der Waals surface area contributed by atoms with Gasteiger partial charge in [-0.2, -0.15) is 4.90 Å². The molecular weight excluding hydrogens is 180 g/mol. The summed E-state index contributed by atoms with van der Waals surface area (Å²) in [6.45, 7) is 3.16. The molecule has 0 aromatic heterocycles. The molecule has 0 aliphatic carbocycles. The van der Waals surface area contributed by atoms with Gasteiger partial charge in [-0.05, 0) is 11.4 Å². The fourth-order valence-electron chi connectivity index (χ4n) is 0.620. The predicted octanol–water partition coefficient (Wildman–Crippen LogP) is -1.91. The molecule has 0 radical (unpaired) electrons. The van der Waals surface area contributed by atoms with Crippen LogP contribution in [0.15, 0.2) is 17.4 Å². The monoisotopic (exact) mass is 188 g/mol. The van der Waals surface area contributed by atoms with E-state index in [1.807, 2.05) is 11.1 Å². The number of aliphatic imine (C=N–C) groups is 1. The summed E-state index contributed by atoms with van der Waals surface area (Å²) in [5, 5.41) is 0. The molecule has 0 saturated heterocycles. The first kappa shape index (κ1) is 8.60. The minimum Gasteiger partial charge on any atom is -1.00 e. The summed E-state index contributed by atoms with van der Waals surface area (Å²) in [6, 6.07) is 0. The molecular formula is C6H9BrN2. The highest BCUT2D eigenvalue weighted by Crippen LogP contribution is 1.94. The maximum absolute atomic E-state index is 3.78. The van der Waals surface area contributed by atoms with Gasteiger partial charge in [0.05, 0.1) is 6.54 Å². The lowest BCUT2D eigenvalue weighted by molar-refractivity contribution is -0.00000174. The summed E-state index contributed by atoms with van der Waals surface area (Å²) >= 11 is 0. The average molecular weight is 189 g/mol. The minimum atomic E-state index is 0. The number of nitrogens with zero attached hydrogens (tertiary/aromatic N) is 2. The quantitative estimate of drug-likeness (QED) is 0.463. The zero-order chi connectivity index (χ0) is 5.82. The van der Waals surface area contributed by atoms with Crippen molar-refractivity contribution < 1.29 is 17.0 Å². The average Bonchev–Trinajstić information content (AvgIpc) is 2.19. The Morgan fingerprint density at radius 3 is 2.89 bits per heavy atom. The molecule has 0 N–H and O–H groups in total. The Kier molecular flexibility index (Phi) is 4.28. The second-order valence-electron chi connectivity index (χ2n) is 1.72. The topological polar surface area (TPSA) is 15.6 Å². The third-order valence-corrected chi connectivity index (χ3v) is 0.972. The smallest absolute Gasteiger partial charge is 0.255 e. The fraction of sp³-hybridized carbons (Fsp3) is 0.500. The zero-order valence-corrected chi connectivity index (χ0v) is 6.93. The van der Waals surface area contributed by atoms with E-state index >= 15 is 0 Å². The molecule has 1 aliphatic heterocycles. The molecule has 0 spiro atoms. The molecule has 0 bridgehead atoms. The summed E-state index contributed by atoms with van der Waals surface area (Å²) in [6.07, 6.45) is 7.62. The molecule has 0 aromatic carbocycles. The highest BCUT2D eigenvalue weighted by Gasteiger charge is 2.06. The van der Waals surface area contributed by atoms with Crippen molar-refractivity contribution in [2.75, 3.05) is 6.54 Å². The van der Waals surface area contributed by atoms with Gasteiger partial charge in [-0.15, -0.1) is 0 Å². The van der Waals surface area contributed by atoms with Crippen LogP contribution in [0.4, 0.5) is 0 Å². The van der Waals surface area contributed by atoms with Gasteiger partial charge in [-0.3, -0.25) is 0 Å². The van der Waals surface area contributed by atoms with E-state index in [2.05, 4.69) is 18.3 Å². The van der Waals surface area contributed by atoms with Crippen molar-refractivity contribution in [1.82, 2.24) is 4.90 Å². The second-order valence-corrected chi connectivity index (χ2v) is 1.72. The van der Waals surface area contributed by atoms with Crippen molar-refractivity contribution in [3.63, 3.8) is 0 Å². The maximum atomic E-state index is 3.78. The standard InChI is InChI=1S/C6H9N2.BrH/c1-2-4-8-5-3-7-6-8;/h3,5H,2,4H2,1H3;1H/q+1;/p-1. The van der Waals surface area contributed by atoms with E-state index in [9.17, 15) is 0 Å². The van der Waals surface area contributed by atoms with Crippen LogP contribution < -0.4 is 17.0 Å². The number of rotatable bonds is 2. The highest BCUT2D eigenvalue weighted by atomic mass is 79.9. The Labute approximate surface area is 66.0 Å². The molecule has 3 heteroatoms. The first-order valence-electron chi connectivity index (χ1n) is 2.82. The van der Waals surface area contributed by atoms with Crippen LogP contribution in [0.5, 0.6) is 0 Å². The van der Waals surface area contributed by atoms with Gasteiger partial charge in [0, 0.05) is 0 Å². The minimum absolute atomic E-state index is 0. The molecule has 0 aromatic rings. The van der Waals surface area contributed by atoms with Gasteiger partial charge < -0.3 is 17.0 Å². The first-order chi connectivity index (χ1) is 3.93. The fourth-order valence-corrected chi connectivity index (χ4v) is 0.620. The van der Waals surface area contributed by atoms with Gasteiger partial charge in [0.25, 0.3) is 6.34 Å². The SMILES string of the molecule is CCCN1[C+]=NC=C1.[Br-]. The molecule has 0 atom stereocenters. The van der Waals surface area contributed by atoms with Crippen molar-refractivity contribution in [2.45, 2.75) is 13.3 Å². The van der Waals surface area contributed by atoms with Crippen LogP contribution in [0.25, 0.3) is 0 Å². The van der Waals surface area contributed by atoms with E-state index in [1.165, 1.54) is 0 Å². The van der Waals surface area contributed by atoms with Crippen molar-refractivity contribution >= 4 is 6.34 Å². The lowest BCUT2D eigenvalue weighted by atomic mass is 10.5.